The minimum atomic E-state index is 0.577. The summed E-state index contributed by atoms with van der Waals surface area (Å²) in [7, 11) is 1.69. The van der Waals surface area contributed by atoms with Crippen LogP contribution in [-0.2, 0) is 6.54 Å². The number of methoxy groups -OCH3 is 1. The predicted octanol–water partition coefficient (Wildman–Crippen LogP) is 3.81. The van der Waals surface area contributed by atoms with E-state index in [-0.39, 0.29) is 0 Å². The lowest BCUT2D eigenvalue weighted by Crippen LogP contribution is -1.95. The number of hydrogen-bond acceptors (Lipinski definition) is 3. The molecule has 2 aromatic heterocycles. The third kappa shape index (κ3) is 1.98. The lowest BCUT2D eigenvalue weighted by Gasteiger charge is -2.01. The lowest BCUT2D eigenvalue weighted by molar-refractivity contribution is 0.418. The number of rotatable bonds is 3. The molecule has 0 aliphatic carbocycles. The summed E-state index contributed by atoms with van der Waals surface area (Å²) in [5.74, 6) is 0.890. The first-order valence-corrected chi connectivity index (χ1v) is 6.69. The van der Waals surface area contributed by atoms with Gasteiger partial charge in [-0.1, -0.05) is 23.7 Å². The van der Waals surface area contributed by atoms with Crippen LogP contribution in [0.15, 0.2) is 36.7 Å². The van der Waals surface area contributed by atoms with Crippen molar-refractivity contribution in [2.45, 2.75) is 6.54 Å². The normalized spacial score (nSPS) is 11.0. The molecule has 0 fully saturated rings. The maximum Gasteiger partial charge on any atom is 0.183 e. The molecule has 3 rings (SSSR count). The summed E-state index contributed by atoms with van der Waals surface area (Å²) >= 11 is 7.35. The maximum atomic E-state index is 5.85. The van der Waals surface area contributed by atoms with Crippen LogP contribution in [0.3, 0.4) is 0 Å². The Balaban J connectivity index is 2.06. The SMILES string of the molecule is COc1cn(Cc2cnc(Cl)s2)c2ccccc12. The highest BCUT2D eigenvalue weighted by atomic mass is 35.5. The van der Waals surface area contributed by atoms with Crippen LogP contribution in [-0.4, -0.2) is 16.7 Å². The zero-order valence-corrected chi connectivity index (χ0v) is 11.3. The molecule has 5 heteroatoms. The topological polar surface area (TPSA) is 27.1 Å². The van der Waals surface area contributed by atoms with E-state index in [1.54, 1.807) is 7.11 Å². The van der Waals surface area contributed by atoms with Gasteiger partial charge in [0.25, 0.3) is 0 Å². The highest BCUT2D eigenvalue weighted by Crippen LogP contribution is 2.29. The van der Waals surface area contributed by atoms with Crippen molar-refractivity contribution in [2.75, 3.05) is 7.11 Å². The van der Waals surface area contributed by atoms with Crippen LogP contribution in [0.1, 0.15) is 4.88 Å². The van der Waals surface area contributed by atoms with Gasteiger partial charge < -0.3 is 9.30 Å². The number of hydrogen-bond donors (Lipinski definition) is 0. The lowest BCUT2D eigenvalue weighted by atomic mass is 10.2. The summed E-state index contributed by atoms with van der Waals surface area (Å²) in [5.41, 5.74) is 1.15. The molecule has 2 heterocycles. The van der Waals surface area contributed by atoms with Crippen LogP contribution >= 0.6 is 22.9 Å². The molecule has 0 bridgehead atoms. The minimum absolute atomic E-state index is 0.577. The molecular weight excluding hydrogens is 268 g/mol. The Hall–Kier alpha value is -1.52. The fourth-order valence-electron chi connectivity index (χ4n) is 2.03. The van der Waals surface area contributed by atoms with Crippen LogP contribution in [0.25, 0.3) is 10.9 Å². The van der Waals surface area contributed by atoms with E-state index in [9.17, 15) is 0 Å². The van der Waals surface area contributed by atoms with E-state index < -0.39 is 0 Å². The standard InChI is InChI=1S/C13H11ClN2OS/c1-17-12-8-16(7-9-6-15-13(14)18-9)11-5-3-2-4-10(11)12/h2-6,8H,7H2,1H3. The summed E-state index contributed by atoms with van der Waals surface area (Å²) in [6, 6.07) is 8.18. The Morgan fingerprint density at radius 2 is 2.22 bits per heavy atom. The zero-order valence-electron chi connectivity index (χ0n) is 9.76. The largest absolute Gasteiger partial charge is 0.495 e. The number of aromatic nitrogens is 2. The van der Waals surface area contributed by atoms with Gasteiger partial charge in [-0.25, -0.2) is 4.98 Å². The van der Waals surface area contributed by atoms with E-state index >= 15 is 0 Å². The van der Waals surface area contributed by atoms with Gasteiger partial charge in [-0.2, -0.15) is 0 Å². The number of para-hydroxylation sites is 1. The molecule has 3 nitrogen and oxygen atoms in total. The Bertz CT molecular complexity index is 689. The van der Waals surface area contributed by atoms with Gasteiger partial charge in [0.15, 0.2) is 4.47 Å². The molecule has 0 spiro atoms. The summed E-state index contributed by atoms with van der Waals surface area (Å²) in [6.45, 7) is 0.758. The molecule has 0 aliphatic heterocycles. The predicted molar refractivity (Wildman–Crippen MR) is 74.7 cm³/mol. The number of fused-ring (bicyclic) bond motifs is 1. The fourth-order valence-corrected chi connectivity index (χ4v) is 3.01. The van der Waals surface area contributed by atoms with Crippen molar-refractivity contribution in [2.24, 2.45) is 0 Å². The summed E-state index contributed by atoms with van der Waals surface area (Å²) in [5, 5.41) is 1.12. The van der Waals surface area contributed by atoms with Crippen molar-refractivity contribution in [3.05, 3.63) is 46.0 Å². The minimum Gasteiger partial charge on any atom is -0.495 e. The van der Waals surface area contributed by atoms with Crippen LogP contribution in [0.2, 0.25) is 4.47 Å². The second kappa shape index (κ2) is 4.63. The van der Waals surface area contributed by atoms with Gasteiger partial charge in [-0.15, -0.1) is 11.3 Å². The highest BCUT2D eigenvalue weighted by Gasteiger charge is 2.09. The smallest absolute Gasteiger partial charge is 0.183 e. The molecule has 18 heavy (non-hydrogen) atoms. The third-order valence-electron chi connectivity index (χ3n) is 2.82. The second-order valence-corrected chi connectivity index (χ2v) is 5.62. The Morgan fingerprint density at radius 3 is 2.94 bits per heavy atom. The molecule has 0 atom stereocenters. The van der Waals surface area contributed by atoms with E-state index in [2.05, 4.69) is 21.7 Å². The molecule has 0 amide bonds. The van der Waals surface area contributed by atoms with Crippen LogP contribution < -0.4 is 4.74 Å². The van der Waals surface area contributed by atoms with E-state index in [4.69, 9.17) is 16.3 Å². The van der Waals surface area contributed by atoms with Crippen LogP contribution in [0.4, 0.5) is 0 Å². The van der Waals surface area contributed by atoms with Crippen molar-refractivity contribution >= 4 is 33.8 Å². The summed E-state index contributed by atoms with van der Waals surface area (Å²) in [6.07, 6.45) is 3.83. The van der Waals surface area contributed by atoms with E-state index in [0.29, 0.717) is 4.47 Å². The summed E-state index contributed by atoms with van der Waals surface area (Å²) < 4.78 is 8.12. The summed E-state index contributed by atoms with van der Waals surface area (Å²) in [4.78, 5) is 5.19. The van der Waals surface area contributed by atoms with E-state index in [1.807, 2.05) is 24.5 Å². The number of ether oxygens (including phenoxy) is 1. The highest BCUT2D eigenvalue weighted by molar-refractivity contribution is 7.15. The average molecular weight is 279 g/mol. The average Bonchev–Trinajstić information content (AvgIpc) is 2.95. The first-order chi connectivity index (χ1) is 8.78. The van der Waals surface area contributed by atoms with Crippen molar-refractivity contribution < 1.29 is 4.74 Å². The molecule has 0 saturated carbocycles. The maximum absolute atomic E-state index is 5.85. The van der Waals surface area contributed by atoms with Gasteiger partial charge in [0, 0.05) is 22.7 Å². The van der Waals surface area contributed by atoms with Gasteiger partial charge in [-0.05, 0) is 12.1 Å². The number of benzene rings is 1. The van der Waals surface area contributed by atoms with Crippen molar-refractivity contribution in [3.8, 4) is 5.75 Å². The van der Waals surface area contributed by atoms with E-state index in [1.165, 1.54) is 11.3 Å². The second-order valence-electron chi connectivity index (χ2n) is 3.92. The van der Waals surface area contributed by atoms with Gasteiger partial charge in [0.2, 0.25) is 0 Å². The molecule has 0 N–H and O–H groups in total. The first-order valence-electron chi connectivity index (χ1n) is 5.50. The van der Waals surface area contributed by atoms with Gasteiger partial charge in [0.1, 0.15) is 5.75 Å². The number of nitrogens with zero attached hydrogens (tertiary/aromatic N) is 2. The van der Waals surface area contributed by atoms with Crippen LogP contribution in [0.5, 0.6) is 5.75 Å². The van der Waals surface area contributed by atoms with Gasteiger partial charge in [0.05, 0.1) is 19.2 Å². The zero-order chi connectivity index (χ0) is 12.5. The Labute approximate surface area is 114 Å². The Morgan fingerprint density at radius 1 is 1.39 bits per heavy atom. The fraction of sp³-hybridized carbons (Fsp3) is 0.154. The van der Waals surface area contributed by atoms with Crippen molar-refractivity contribution in [1.82, 2.24) is 9.55 Å². The number of halogens is 1. The molecule has 3 aromatic rings. The third-order valence-corrected chi connectivity index (χ3v) is 3.92. The molecule has 1 aromatic carbocycles. The Kier molecular flexibility index (Phi) is 2.97. The molecule has 0 aliphatic rings. The van der Waals surface area contributed by atoms with Crippen molar-refractivity contribution in [1.29, 1.82) is 0 Å². The molecule has 92 valence electrons. The van der Waals surface area contributed by atoms with Gasteiger partial charge >= 0.3 is 0 Å². The quantitative estimate of drug-likeness (QED) is 0.728. The van der Waals surface area contributed by atoms with E-state index in [0.717, 1.165) is 28.1 Å². The molecule has 0 saturated heterocycles. The molecule has 0 unspecified atom stereocenters. The van der Waals surface area contributed by atoms with Crippen LogP contribution in [0, 0.1) is 0 Å². The molecule has 0 radical (unpaired) electrons. The van der Waals surface area contributed by atoms with Crippen molar-refractivity contribution in [3.63, 3.8) is 0 Å². The van der Waals surface area contributed by atoms with Gasteiger partial charge in [-0.3, -0.25) is 0 Å². The first kappa shape index (κ1) is 11.6. The number of thiazole rings is 1. The monoisotopic (exact) mass is 278 g/mol. The molecular formula is C13H11ClN2OS.